The Bertz CT molecular complexity index is 843. The summed E-state index contributed by atoms with van der Waals surface area (Å²) in [6, 6.07) is 8.83. The van der Waals surface area contributed by atoms with E-state index in [4.69, 9.17) is 4.74 Å². The molecule has 0 radical (unpaired) electrons. The summed E-state index contributed by atoms with van der Waals surface area (Å²) in [6.07, 6.45) is 5.67. The van der Waals surface area contributed by atoms with E-state index in [1.165, 1.54) is 12.5 Å². The number of aryl methyl sites for hydroxylation is 2. The first-order valence-corrected chi connectivity index (χ1v) is 9.71. The predicted molar refractivity (Wildman–Crippen MR) is 108 cm³/mol. The number of ether oxygens (including phenoxy) is 1. The van der Waals surface area contributed by atoms with Gasteiger partial charge in [0.05, 0.1) is 11.9 Å². The van der Waals surface area contributed by atoms with Gasteiger partial charge in [0.1, 0.15) is 11.8 Å². The van der Waals surface area contributed by atoms with Gasteiger partial charge >= 0.3 is 0 Å². The first-order chi connectivity index (χ1) is 13.4. The van der Waals surface area contributed by atoms with Gasteiger partial charge in [0.2, 0.25) is 17.7 Å². The highest BCUT2D eigenvalue weighted by molar-refractivity contribution is 5.97. The van der Waals surface area contributed by atoms with Gasteiger partial charge in [0, 0.05) is 13.0 Å². The standard InChI is InChI=1S/C22H27N3O3/c1-14-8-10-19(12-15(14)2)28-20-11-9-18(13-23-20)25-22(27)21(24-16(3)26)17-6-4-5-7-17/h8-13,17,21H,4-7H2,1-3H3,(H,24,26)(H,25,27). The fraction of sp³-hybridized carbons (Fsp3) is 0.409. The van der Waals surface area contributed by atoms with Crippen molar-refractivity contribution < 1.29 is 14.3 Å². The molecule has 1 aliphatic rings. The molecule has 1 fully saturated rings. The van der Waals surface area contributed by atoms with E-state index in [-0.39, 0.29) is 17.7 Å². The van der Waals surface area contributed by atoms with Crippen molar-refractivity contribution in [3.63, 3.8) is 0 Å². The Morgan fingerprint density at radius 1 is 1.11 bits per heavy atom. The second-order valence-corrected chi connectivity index (χ2v) is 7.45. The molecule has 1 aromatic heterocycles. The zero-order valence-corrected chi connectivity index (χ0v) is 16.6. The third-order valence-corrected chi connectivity index (χ3v) is 5.22. The number of rotatable bonds is 6. The van der Waals surface area contributed by atoms with Crippen LogP contribution in [0.15, 0.2) is 36.5 Å². The number of anilines is 1. The average Bonchev–Trinajstić information content (AvgIpc) is 3.18. The SMILES string of the molecule is CC(=O)NC(C(=O)Nc1ccc(Oc2ccc(C)c(C)c2)nc1)C1CCCC1. The van der Waals surface area contributed by atoms with Crippen LogP contribution in [0.2, 0.25) is 0 Å². The summed E-state index contributed by atoms with van der Waals surface area (Å²) in [5.74, 6) is 0.966. The molecule has 0 bridgehead atoms. The number of hydrogen-bond donors (Lipinski definition) is 2. The van der Waals surface area contributed by atoms with E-state index in [0.29, 0.717) is 11.6 Å². The Hall–Kier alpha value is -2.89. The van der Waals surface area contributed by atoms with Gasteiger partial charge in [-0.2, -0.15) is 0 Å². The van der Waals surface area contributed by atoms with Crippen molar-refractivity contribution in [2.24, 2.45) is 5.92 Å². The van der Waals surface area contributed by atoms with Crippen molar-refractivity contribution in [2.45, 2.75) is 52.5 Å². The predicted octanol–water partition coefficient (Wildman–Crippen LogP) is 4.12. The summed E-state index contributed by atoms with van der Waals surface area (Å²) in [7, 11) is 0. The molecule has 2 N–H and O–H groups in total. The topological polar surface area (TPSA) is 80.3 Å². The van der Waals surface area contributed by atoms with Crippen LogP contribution in [0.25, 0.3) is 0 Å². The van der Waals surface area contributed by atoms with Crippen molar-refractivity contribution in [3.8, 4) is 11.6 Å². The molecule has 1 atom stereocenters. The molecule has 0 spiro atoms. The first-order valence-electron chi connectivity index (χ1n) is 9.71. The van der Waals surface area contributed by atoms with E-state index in [1.807, 2.05) is 25.1 Å². The maximum atomic E-state index is 12.7. The number of nitrogens with one attached hydrogen (secondary N) is 2. The second kappa shape index (κ2) is 8.87. The van der Waals surface area contributed by atoms with Crippen LogP contribution in [0.1, 0.15) is 43.7 Å². The number of aromatic nitrogens is 1. The van der Waals surface area contributed by atoms with Crippen LogP contribution in [0.4, 0.5) is 5.69 Å². The summed E-state index contributed by atoms with van der Waals surface area (Å²) >= 11 is 0. The fourth-order valence-corrected chi connectivity index (χ4v) is 3.54. The number of carbonyl (C=O) groups excluding carboxylic acids is 2. The Labute approximate surface area is 165 Å². The highest BCUT2D eigenvalue weighted by atomic mass is 16.5. The van der Waals surface area contributed by atoms with E-state index >= 15 is 0 Å². The molecule has 3 rings (SSSR count). The van der Waals surface area contributed by atoms with Gasteiger partial charge in [-0.15, -0.1) is 0 Å². The molecule has 148 valence electrons. The molecule has 6 nitrogen and oxygen atoms in total. The normalized spacial score (nSPS) is 15.1. The van der Waals surface area contributed by atoms with Crippen molar-refractivity contribution >= 4 is 17.5 Å². The number of pyridine rings is 1. The third-order valence-electron chi connectivity index (χ3n) is 5.22. The number of hydrogen-bond acceptors (Lipinski definition) is 4. The lowest BCUT2D eigenvalue weighted by molar-refractivity contribution is -0.126. The zero-order valence-electron chi connectivity index (χ0n) is 16.6. The third kappa shape index (κ3) is 5.09. The van der Waals surface area contributed by atoms with Crippen LogP contribution >= 0.6 is 0 Å². The van der Waals surface area contributed by atoms with Gasteiger partial charge in [-0.1, -0.05) is 18.9 Å². The van der Waals surface area contributed by atoms with Crippen molar-refractivity contribution in [2.75, 3.05) is 5.32 Å². The second-order valence-electron chi connectivity index (χ2n) is 7.45. The van der Waals surface area contributed by atoms with Gasteiger partial charge in [0.15, 0.2) is 0 Å². The molecule has 6 heteroatoms. The molecule has 1 heterocycles. The summed E-state index contributed by atoms with van der Waals surface area (Å²) in [5.41, 5.74) is 2.93. The van der Waals surface area contributed by atoms with E-state index in [1.54, 1.807) is 18.3 Å². The summed E-state index contributed by atoms with van der Waals surface area (Å²) in [4.78, 5) is 28.5. The number of nitrogens with zero attached hydrogens (tertiary/aromatic N) is 1. The van der Waals surface area contributed by atoms with E-state index in [9.17, 15) is 9.59 Å². The molecule has 1 unspecified atom stereocenters. The highest BCUT2D eigenvalue weighted by Crippen LogP contribution is 2.28. The maximum absolute atomic E-state index is 12.7. The minimum Gasteiger partial charge on any atom is -0.439 e. The van der Waals surface area contributed by atoms with E-state index in [0.717, 1.165) is 37.0 Å². The molecule has 1 saturated carbocycles. The molecule has 2 amide bonds. The van der Waals surface area contributed by atoms with E-state index < -0.39 is 6.04 Å². The largest absolute Gasteiger partial charge is 0.439 e. The van der Waals surface area contributed by atoms with Gasteiger partial charge < -0.3 is 15.4 Å². The molecular formula is C22H27N3O3. The maximum Gasteiger partial charge on any atom is 0.247 e. The fourth-order valence-electron chi connectivity index (χ4n) is 3.54. The molecule has 2 aromatic rings. The summed E-state index contributed by atoms with van der Waals surface area (Å²) < 4.78 is 5.77. The van der Waals surface area contributed by atoms with Crippen LogP contribution in [0, 0.1) is 19.8 Å². The van der Waals surface area contributed by atoms with Gasteiger partial charge in [-0.05, 0) is 61.9 Å². The lowest BCUT2D eigenvalue weighted by Gasteiger charge is -2.23. The number of amides is 2. The molecule has 0 aliphatic heterocycles. The van der Waals surface area contributed by atoms with Gasteiger partial charge in [-0.25, -0.2) is 4.98 Å². The molecule has 0 saturated heterocycles. The van der Waals surface area contributed by atoms with Crippen molar-refractivity contribution in [3.05, 3.63) is 47.7 Å². The van der Waals surface area contributed by atoms with Crippen LogP contribution in [0.5, 0.6) is 11.6 Å². The van der Waals surface area contributed by atoms with Crippen LogP contribution in [-0.4, -0.2) is 22.8 Å². The van der Waals surface area contributed by atoms with Crippen LogP contribution < -0.4 is 15.4 Å². The highest BCUT2D eigenvalue weighted by Gasteiger charge is 2.31. The summed E-state index contributed by atoms with van der Waals surface area (Å²) in [6.45, 7) is 5.52. The molecular weight excluding hydrogens is 354 g/mol. The Balaban J connectivity index is 1.64. The minimum absolute atomic E-state index is 0.184. The molecule has 28 heavy (non-hydrogen) atoms. The van der Waals surface area contributed by atoms with E-state index in [2.05, 4.69) is 22.5 Å². The number of benzene rings is 1. The average molecular weight is 381 g/mol. The Morgan fingerprint density at radius 2 is 1.86 bits per heavy atom. The zero-order chi connectivity index (χ0) is 20.1. The Kier molecular flexibility index (Phi) is 6.29. The summed E-state index contributed by atoms with van der Waals surface area (Å²) in [5, 5.41) is 5.66. The first kappa shape index (κ1) is 19.9. The lowest BCUT2D eigenvalue weighted by Crippen LogP contribution is -2.47. The minimum atomic E-state index is -0.508. The van der Waals surface area contributed by atoms with Gasteiger partial charge in [0.25, 0.3) is 0 Å². The van der Waals surface area contributed by atoms with Crippen LogP contribution in [0.3, 0.4) is 0 Å². The van der Waals surface area contributed by atoms with Gasteiger partial charge in [-0.3, -0.25) is 9.59 Å². The Morgan fingerprint density at radius 3 is 2.46 bits per heavy atom. The quantitative estimate of drug-likeness (QED) is 0.789. The molecule has 1 aliphatic carbocycles. The number of carbonyl (C=O) groups is 2. The monoisotopic (exact) mass is 381 g/mol. The molecule has 1 aromatic carbocycles. The van der Waals surface area contributed by atoms with Crippen molar-refractivity contribution in [1.82, 2.24) is 10.3 Å². The van der Waals surface area contributed by atoms with Crippen LogP contribution in [-0.2, 0) is 9.59 Å². The lowest BCUT2D eigenvalue weighted by atomic mass is 9.97. The smallest absolute Gasteiger partial charge is 0.247 e. The van der Waals surface area contributed by atoms with Crippen molar-refractivity contribution in [1.29, 1.82) is 0 Å².